The van der Waals surface area contributed by atoms with Crippen LogP contribution in [0.3, 0.4) is 0 Å². The summed E-state index contributed by atoms with van der Waals surface area (Å²) in [6, 6.07) is 22.4. The molecule has 2 heterocycles. The van der Waals surface area contributed by atoms with E-state index in [1.54, 1.807) is 31.3 Å². The van der Waals surface area contributed by atoms with Crippen LogP contribution in [0.2, 0.25) is 5.02 Å². The van der Waals surface area contributed by atoms with Gasteiger partial charge in [0.15, 0.2) is 0 Å². The molecule has 3 aromatic carbocycles. The predicted octanol–water partition coefficient (Wildman–Crippen LogP) is 7.34. The molecule has 0 unspecified atom stereocenters. The molecule has 2 aromatic heterocycles. The number of imidazole rings is 1. The minimum atomic E-state index is 0.670. The van der Waals surface area contributed by atoms with Crippen LogP contribution in [0.25, 0.3) is 44.7 Å². The van der Waals surface area contributed by atoms with E-state index in [2.05, 4.69) is 40.3 Å². The highest BCUT2D eigenvalue weighted by Gasteiger charge is 2.17. The van der Waals surface area contributed by atoms with Crippen LogP contribution in [0, 0.1) is 0 Å². The van der Waals surface area contributed by atoms with Gasteiger partial charge in [-0.25, -0.2) is 4.98 Å². The van der Waals surface area contributed by atoms with Crippen LogP contribution in [0.1, 0.15) is 0 Å². The Hall–Kier alpha value is -3.28. The average Bonchev–Trinajstić information content (AvgIpc) is 3.29. The van der Waals surface area contributed by atoms with E-state index in [0.29, 0.717) is 5.02 Å². The van der Waals surface area contributed by atoms with Crippen molar-refractivity contribution in [3.8, 4) is 39.7 Å². The summed E-state index contributed by atoms with van der Waals surface area (Å²) in [6.45, 7) is 0. The Morgan fingerprint density at radius 3 is 2.41 bits per heavy atom. The molecule has 0 spiro atoms. The van der Waals surface area contributed by atoms with Gasteiger partial charge in [0, 0.05) is 34.0 Å². The molecule has 4 nitrogen and oxygen atoms in total. The van der Waals surface area contributed by atoms with Crippen LogP contribution in [-0.2, 0) is 0 Å². The molecule has 0 aliphatic heterocycles. The van der Waals surface area contributed by atoms with Gasteiger partial charge in [-0.1, -0.05) is 29.8 Å². The van der Waals surface area contributed by atoms with Crippen molar-refractivity contribution in [1.82, 2.24) is 15.0 Å². The molecule has 0 radical (unpaired) electrons. The molecule has 6 heteroatoms. The van der Waals surface area contributed by atoms with Crippen molar-refractivity contribution in [3.05, 3.63) is 84.1 Å². The smallest absolute Gasteiger partial charge is 0.140 e. The second kappa shape index (κ2) is 8.69. The fraction of sp³-hybridized carbons (Fsp3) is 0.0769. The zero-order valence-electron chi connectivity index (χ0n) is 17.6. The lowest BCUT2D eigenvalue weighted by atomic mass is 10.0. The van der Waals surface area contributed by atoms with Crippen LogP contribution in [-0.4, -0.2) is 28.3 Å². The molecule has 5 aromatic rings. The third kappa shape index (κ3) is 3.85. The van der Waals surface area contributed by atoms with Gasteiger partial charge in [-0.15, -0.1) is 11.8 Å². The Morgan fingerprint density at radius 2 is 1.66 bits per heavy atom. The van der Waals surface area contributed by atoms with Gasteiger partial charge in [-0.2, -0.15) is 0 Å². The quantitative estimate of drug-likeness (QED) is 0.280. The van der Waals surface area contributed by atoms with Gasteiger partial charge >= 0.3 is 0 Å². The van der Waals surface area contributed by atoms with E-state index in [1.807, 2.05) is 42.7 Å². The summed E-state index contributed by atoms with van der Waals surface area (Å²) in [5.74, 6) is 1.58. The van der Waals surface area contributed by atoms with Gasteiger partial charge in [-0.05, 0) is 65.6 Å². The number of ether oxygens (including phenoxy) is 1. The molecule has 0 atom stereocenters. The van der Waals surface area contributed by atoms with Crippen molar-refractivity contribution < 1.29 is 4.74 Å². The first-order valence-corrected chi connectivity index (χ1v) is 11.7. The summed E-state index contributed by atoms with van der Waals surface area (Å²) in [5.41, 5.74) is 4.71. The summed E-state index contributed by atoms with van der Waals surface area (Å²) >= 11 is 8.27. The largest absolute Gasteiger partial charge is 0.497 e. The maximum atomic E-state index is 6.61. The Balaban J connectivity index is 1.68. The Morgan fingerprint density at radius 1 is 0.875 bits per heavy atom. The number of methoxy groups -OCH3 is 1. The summed E-state index contributed by atoms with van der Waals surface area (Å²) in [7, 11) is 1.68. The number of halogens is 1. The first kappa shape index (κ1) is 20.6. The summed E-state index contributed by atoms with van der Waals surface area (Å²) in [6.07, 6.45) is 5.60. The normalized spacial score (nSPS) is 11.1. The number of nitrogens with one attached hydrogen (secondary N) is 1. The lowest BCUT2D eigenvalue weighted by Gasteiger charge is -2.06. The van der Waals surface area contributed by atoms with Crippen molar-refractivity contribution in [2.45, 2.75) is 4.90 Å². The number of rotatable bonds is 5. The fourth-order valence-corrected chi connectivity index (χ4v) is 4.52. The molecule has 0 aliphatic carbocycles. The minimum Gasteiger partial charge on any atom is -0.497 e. The first-order chi connectivity index (χ1) is 15.7. The molecule has 0 fully saturated rings. The lowest BCUT2D eigenvalue weighted by Crippen LogP contribution is -1.86. The summed E-state index contributed by atoms with van der Waals surface area (Å²) in [5, 5.41) is 2.91. The van der Waals surface area contributed by atoms with E-state index in [1.165, 1.54) is 0 Å². The lowest BCUT2D eigenvalue weighted by molar-refractivity contribution is 0.415. The number of fused-ring (bicyclic) bond motifs is 1. The number of nitrogens with zero attached hydrogens (tertiary/aromatic N) is 2. The zero-order valence-corrected chi connectivity index (χ0v) is 19.2. The monoisotopic (exact) mass is 457 g/mol. The molecule has 0 aliphatic rings. The number of benzene rings is 3. The molecular formula is C26H20ClN3OS. The van der Waals surface area contributed by atoms with Crippen molar-refractivity contribution in [2.24, 2.45) is 0 Å². The Kier molecular flexibility index (Phi) is 5.60. The van der Waals surface area contributed by atoms with Gasteiger partial charge in [-0.3, -0.25) is 4.98 Å². The molecule has 1 N–H and O–H groups in total. The molecule has 0 saturated heterocycles. The van der Waals surface area contributed by atoms with E-state index in [4.69, 9.17) is 21.3 Å². The van der Waals surface area contributed by atoms with Gasteiger partial charge in [0.05, 0.1) is 23.5 Å². The Labute approximate surface area is 195 Å². The third-order valence-electron chi connectivity index (χ3n) is 5.43. The second-order valence-electron chi connectivity index (χ2n) is 7.32. The number of aromatic amines is 1. The van der Waals surface area contributed by atoms with Crippen LogP contribution in [0.15, 0.2) is 84.0 Å². The van der Waals surface area contributed by atoms with E-state index >= 15 is 0 Å². The Bertz CT molecular complexity index is 1420. The van der Waals surface area contributed by atoms with E-state index in [9.17, 15) is 0 Å². The predicted molar refractivity (Wildman–Crippen MR) is 134 cm³/mol. The number of H-pyrrole nitrogens is 1. The summed E-state index contributed by atoms with van der Waals surface area (Å²) in [4.78, 5) is 13.8. The van der Waals surface area contributed by atoms with Crippen LogP contribution in [0.4, 0.5) is 0 Å². The highest BCUT2D eigenvalue weighted by atomic mass is 35.5. The average molecular weight is 458 g/mol. The fourth-order valence-electron chi connectivity index (χ4n) is 3.75. The number of pyridine rings is 1. The minimum absolute atomic E-state index is 0.670. The SMILES string of the molecule is COc1ccc2cc(-c3nc(-c4ccc(SC)cc4Cl)[nH]c3-c3ccncc3)ccc2c1. The van der Waals surface area contributed by atoms with Gasteiger partial charge in [0.1, 0.15) is 11.6 Å². The van der Waals surface area contributed by atoms with Crippen molar-refractivity contribution in [1.29, 1.82) is 0 Å². The van der Waals surface area contributed by atoms with Crippen molar-refractivity contribution in [3.63, 3.8) is 0 Å². The van der Waals surface area contributed by atoms with E-state index in [-0.39, 0.29) is 0 Å². The molecule has 0 bridgehead atoms. The highest BCUT2D eigenvalue weighted by Crippen LogP contribution is 2.37. The molecule has 0 saturated carbocycles. The number of hydrogen-bond acceptors (Lipinski definition) is 4. The maximum absolute atomic E-state index is 6.61. The number of hydrogen-bond donors (Lipinski definition) is 1. The van der Waals surface area contributed by atoms with E-state index < -0.39 is 0 Å². The number of aromatic nitrogens is 3. The van der Waals surface area contributed by atoms with E-state index in [0.717, 1.165) is 55.3 Å². The standard InChI is InChI=1S/C26H20ClN3OS/c1-31-20-6-5-17-13-19(4-3-18(17)14-20)25-24(16-9-11-28-12-10-16)29-26(30-25)22-8-7-21(32-2)15-23(22)27/h3-15H,1-2H3,(H,29,30). The van der Waals surface area contributed by atoms with Crippen molar-refractivity contribution in [2.75, 3.05) is 13.4 Å². The molecule has 158 valence electrons. The topological polar surface area (TPSA) is 50.8 Å². The maximum Gasteiger partial charge on any atom is 0.140 e. The van der Waals surface area contributed by atoms with Crippen LogP contribution < -0.4 is 4.74 Å². The third-order valence-corrected chi connectivity index (χ3v) is 6.46. The zero-order chi connectivity index (χ0) is 22.1. The first-order valence-electron chi connectivity index (χ1n) is 10.1. The van der Waals surface area contributed by atoms with Crippen molar-refractivity contribution >= 4 is 34.1 Å². The summed E-state index contributed by atoms with van der Waals surface area (Å²) < 4.78 is 5.36. The molecule has 32 heavy (non-hydrogen) atoms. The van der Waals surface area contributed by atoms with Gasteiger partial charge in [0.25, 0.3) is 0 Å². The van der Waals surface area contributed by atoms with Gasteiger partial charge < -0.3 is 9.72 Å². The molecular weight excluding hydrogens is 438 g/mol. The van der Waals surface area contributed by atoms with Crippen LogP contribution >= 0.6 is 23.4 Å². The number of thioether (sulfide) groups is 1. The molecule has 0 amide bonds. The van der Waals surface area contributed by atoms with Crippen LogP contribution in [0.5, 0.6) is 5.75 Å². The molecule has 5 rings (SSSR count). The highest BCUT2D eigenvalue weighted by molar-refractivity contribution is 7.98. The second-order valence-corrected chi connectivity index (χ2v) is 8.61. The van der Waals surface area contributed by atoms with Gasteiger partial charge in [0.2, 0.25) is 0 Å².